The Labute approximate surface area is 137 Å². The summed E-state index contributed by atoms with van der Waals surface area (Å²) < 4.78 is 0. The summed E-state index contributed by atoms with van der Waals surface area (Å²) in [5.41, 5.74) is 3.58. The number of β-lactam (4-membered cyclic amide) rings is 1. The van der Waals surface area contributed by atoms with Crippen molar-refractivity contribution in [3.8, 4) is 0 Å². The molecule has 1 fully saturated rings. The monoisotopic (exact) mass is 303 g/mol. The lowest BCUT2D eigenvalue weighted by molar-refractivity contribution is -0.128. The predicted octanol–water partition coefficient (Wildman–Crippen LogP) is 4.89. The molecule has 0 aromatic heterocycles. The van der Waals surface area contributed by atoms with Crippen molar-refractivity contribution in [1.29, 1.82) is 0 Å². The first-order valence-electron chi connectivity index (χ1n) is 8.48. The van der Waals surface area contributed by atoms with Crippen molar-refractivity contribution < 1.29 is 4.79 Å². The number of nitrogens with zero attached hydrogens (tertiary/aromatic N) is 1. The smallest absolute Gasteiger partial charge is 0.237 e. The molecule has 0 saturated carbocycles. The lowest BCUT2D eigenvalue weighted by Gasteiger charge is -2.49. The highest BCUT2D eigenvalue weighted by molar-refractivity contribution is 6.05. The largest absolute Gasteiger partial charge is 0.303 e. The molecular formula is C21H21NO. The zero-order chi connectivity index (χ0) is 15.6. The lowest BCUT2D eigenvalue weighted by atomic mass is 9.74. The number of hydrogen-bond acceptors (Lipinski definition) is 1. The summed E-state index contributed by atoms with van der Waals surface area (Å²) in [5, 5.41) is 0. The minimum Gasteiger partial charge on any atom is -0.303 e. The van der Waals surface area contributed by atoms with E-state index in [2.05, 4.69) is 30.3 Å². The summed E-state index contributed by atoms with van der Waals surface area (Å²) in [5.74, 6) is 0.274. The molecular weight excluding hydrogens is 282 g/mol. The highest BCUT2D eigenvalue weighted by Gasteiger charge is 2.50. The van der Waals surface area contributed by atoms with E-state index in [9.17, 15) is 4.79 Å². The third kappa shape index (κ3) is 2.48. The average Bonchev–Trinajstić information content (AvgIpc) is 2.62. The molecule has 2 atom stereocenters. The minimum absolute atomic E-state index is 0.0258. The van der Waals surface area contributed by atoms with Crippen LogP contribution in [-0.4, -0.2) is 5.91 Å². The van der Waals surface area contributed by atoms with E-state index in [4.69, 9.17) is 0 Å². The zero-order valence-corrected chi connectivity index (χ0v) is 13.2. The number of amides is 1. The Kier molecular flexibility index (Phi) is 3.74. The maximum Gasteiger partial charge on any atom is 0.237 e. The predicted molar refractivity (Wildman–Crippen MR) is 93.2 cm³/mol. The second-order valence-corrected chi connectivity index (χ2v) is 6.40. The van der Waals surface area contributed by atoms with Crippen molar-refractivity contribution in [3.05, 3.63) is 77.9 Å². The Bertz CT molecular complexity index is 720. The topological polar surface area (TPSA) is 20.3 Å². The van der Waals surface area contributed by atoms with E-state index >= 15 is 0 Å². The van der Waals surface area contributed by atoms with Gasteiger partial charge in [-0.1, -0.05) is 60.2 Å². The molecule has 0 unspecified atom stereocenters. The van der Waals surface area contributed by atoms with Crippen molar-refractivity contribution in [3.63, 3.8) is 0 Å². The van der Waals surface area contributed by atoms with Gasteiger partial charge in [0.05, 0.1) is 12.0 Å². The fourth-order valence-corrected chi connectivity index (χ4v) is 3.86. The Balaban J connectivity index is 1.73. The van der Waals surface area contributed by atoms with Crippen LogP contribution in [0.1, 0.15) is 37.3 Å². The summed E-state index contributed by atoms with van der Waals surface area (Å²) >= 11 is 0. The van der Waals surface area contributed by atoms with Crippen LogP contribution in [0.3, 0.4) is 0 Å². The van der Waals surface area contributed by atoms with Gasteiger partial charge >= 0.3 is 0 Å². The highest BCUT2D eigenvalue weighted by Crippen LogP contribution is 2.48. The molecule has 2 aromatic rings. The van der Waals surface area contributed by atoms with Gasteiger partial charge in [0, 0.05) is 5.69 Å². The number of rotatable bonds is 3. The lowest BCUT2D eigenvalue weighted by Crippen LogP contribution is -2.56. The van der Waals surface area contributed by atoms with Crippen molar-refractivity contribution in [2.24, 2.45) is 5.92 Å². The maximum atomic E-state index is 12.9. The summed E-state index contributed by atoms with van der Waals surface area (Å²) in [6, 6.07) is 20.6. The van der Waals surface area contributed by atoms with Gasteiger partial charge in [-0.15, -0.1) is 0 Å². The van der Waals surface area contributed by atoms with Crippen molar-refractivity contribution >= 4 is 11.6 Å². The van der Waals surface area contributed by atoms with Crippen LogP contribution >= 0.6 is 0 Å². The third-order valence-corrected chi connectivity index (χ3v) is 5.00. The van der Waals surface area contributed by atoms with E-state index in [0.29, 0.717) is 0 Å². The van der Waals surface area contributed by atoms with E-state index in [0.717, 1.165) is 18.5 Å². The van der Waals surface area contributed by atoms with Gasteiger partial charge in [-0.3, -0.25) is 4.79 Å². The molecule has 1 saturated heterocycles. The van der Waals surface area contributed by atoms with Crippen LogP contribution in [0, 0.1) is 5.92 Å². The molecule has 0 radical (unpaired) electrons. The molecule has 2 nitrogen and oxygen atoms in total. The molecule has 1 aliphatic heterocycles. The van der Waals surface area contributed by atoms with Crippen LogP contribution in [0.4, 0.5) is 5.69 Å². The minimum atomic E-state index is 0.0258. The quantitative estimate of drug-likeness (QED) is 0.584. The SMILES string of the molecule is O=C1[C@@H](C2=CCCCC2)[C@@H](c2ccccc2)N1c1ccccc1. The highest BCUT2D eigenvalue weighted by atomic mass is 16.2. The standard InChI is InChI=1S/C21H21NO/c23-21-19(16-10-4-1-5-11-16)20(17-12-6-2-7-13-17)22(21)18-14-8-3-9-15-18/h2-3,6-10,12-15,19-20H,1,4-5,11H2/t19-,20+/m0/s1. The molecule has 116 valence electrons. The zero-order valence-electron chi connectivity index (χ0n) is 13.2. The summed E-state index contributed by atoms with van der Waals surface area (Å²) in [6.07, 6.45) is 6.96. The van der Waals surface area contributed by atoms with Crippen LogP contribution in [0.2, 0.25) is 0 Å². The first kappa shape index (κ1) is 14.3. The fourth-order valence-electron chi connectivity index (χ4n) is 3.86. The number of benzene rings is 2. The number of allylic oxidation sites excluding steroid dienone is 1. The Hall–Kier alpha value is -2.35. The molecule has 2 heteroatoms. The number of anilines is 1. The summed E-state index contributed by atoms with van der Waals surface area (Å²) in [7, 11) is 0. The van der Waals surface area contributed by atoms with Crippen LogP contribution in [-0.2, 0) is 4.79 Å². The van der Waals surface area contributed by atoms with Gasteiger partial charge in [0.2, 0.25) is 5.91 Å². The van der Waals surface area contributed by atoms with Gasteiger partial charge in [0.1, 0.15) is 0 Å². The summed E-state index contributed by atoms with van der Waals surface area (Å²) in [4.78, 5) is 14.9. The van der Waals surface area contributed by atoms with E-state index in [1.807, 2.05) is 41.3 Å². The first-order valence-corrected chi connectivity index (χ1v) is 8.48. The summed E-state index contributed by atoms with van der Waals surface area (Å²) in [6.45, 7) is 0. The van der Waals surface area contributed by atoms with Gasteiger partial charge in [0.25, 0.3) is 0 Å². The molecule has 1 amide bonds. The van der Waals surface area contributed by atoms with Gasteiger partial charge < -0.3 is 4.90 Å². The van der Waals surface area contributed by atoms with Crippen molar-refractivity contribution in [2.75, 3.05) is 4.90 Å². The molecule has 0 spiro atoms. The number of para-hydroxylation sites is 1. The van der Waals surface area contributed by atoms with Crippen molar-refractivity contribution in [2.45, 2.75) is 31.7 Å². The number of hydrogen-bond donors (Lipinski definition) is 0. The Morgan fingerprint density at radius 3 is 2.22 bits per heavy atom. The number of carbonyl (C=O) groups excluding carboxylic acids is 1. The molecule has 0 bridgehead atoms. The van der Waals surface area contributed by atoms with E-state index in [-0.39, 0.29) is 17.9 Å². The van der Waals surface area contributed by atoms with E-state index in [1.165, 1.54) is 24.0 Å². The van der Waals surface area contributed by atoms with Gasteiger partial charge in [-0.2, -0.15) is 0 Å². The molecule has 1 aliphatic carbocycles. The first-order chi connectivity index (χ1) is 11.4. The molecule has 23 heavy (non-hydrogen) atoms. The van der Waals surface area contributed by atoms with E-state index < -0.39 is 0 Å². The fraction of sp³-hybridized carbons (Fsp3) is 0.286. The van der Waals surface area contributed by atoms with E-state index in [1.54, 1.807) is 0 Å². The molecule has 4 rings (SSSR count). The number of carbonyl (C=O) groups is 1. The van der Waals surface area contributed by atoms with Crippen molar-refractivity contribution in [1.82, 2.24) is 0 Å². The van der Waals surface area contributed by atoms with Crippen LogP contribution < -0.4 is 4.90 Å². The van der Waals surface area contributed by atoms with Crippen LogP contribution in [0.25, 0.3) is 0 Å². The van der Waals surface area contributed by atoms with Gasteiger partial charge in [-0.05, 0) is 43.4 Å². The Morgan fingerprint density at radius 2 is 1.57 bits per heavy atom. The van der Waals surface area contributed by atoms with Crippen LogP contribution in [0.15, 0.2) is 72.3 Å². The van der Waals surface area contributed by atoms with Gasteiger partial charge in [-0.25, -0.2) is 0 Å². The average molecular weight is 303 g/mol. The molecule has 2 aliphatic rings. The van der Waals surface area contributed by atoms with Gasteiger partial charge in [0.15, 0.2) is 0 Å². The third-order valence-electron chi connectivity index (χ3n) is 5.00. The normalized spacial score (nSPS) is 24.1. The molecule has 0 N–H and O–H groups in total. The van der Waals surface area contributed by atoms with Crippen LogP contribution in [0.5, 0.6) is 0 Å². The second kappa shape index (κ2) is 6.04. The molecule has 2 aromatic carbocycles. The molecule has 1 heterocycles. The maximum absolute atomic E-state index is 12.9. The second-order valence-electron chi connectivity index (χ2n) is 6.40. The Morgan fingerprint density at radius 1 is 0.870 bits per heavy atom.